The van der Waals surface area contributed by atoms with E-state index in [4.69, 9.17) is 5.26 Å². The molecule has 1 nitrogen and oxygen atoms in total. The highest BCUT2D eigenvalue weighted by Gasteiger charge is 2.28. The Bertz CT molecular complexity index is 366. The maximum Gasteiger partial charge on any atom is 0.511 e. The Hall–Kier alpha value is -1.51. The molecule has 0 bridgehead atoms. The molecule has 0 atom stereocenters. The largest absolute Gasteiger partial charge is 0.511 e. The lowest BCUT2D eigenvalue weighted by Crippen LogP contribution is -2.36. The molecule has 0 heterocycles. The van der Waals surface area contributed by atoms with Crippen molar-refractivity contribution in [1.29, 1.82) is 5.26 Å². The van der Waals surface area contributed by atoms with E-state index in [1.165, 1.54) is 6.07 Å². The fourth-order valence-corrected chi connectivity index (χ4v) is 0.906. The quantitative estimate of drug-likeness (QED) is 0.486. The molecule has 0 aliphatic rings. The molecule has 0 spiro atoms. The average molecular weight is 188 g/mol. The van der Waals surface area contributed by atoms with Gasteiger partial charge in [-0.3, -0.25) is 0 Å². The smallest absolute Gasteiger partial charge is 0.445 e. The minimum atomic E-state index is -5.32. The first kappa shape index (κ1) is 9.58. The van der Waals surface area contributed by atoms with E-state index in [-0.39, 0.29) is 0 Å². The van der Waals surface area contributed by atoms with Crippen molar-refractivity contribution in [2.45, 2.75) is 0 Å². The third-order valence-corrected chi connectivity index (χ3v) is 1.49. The van der Waals surface area contributed by atoms with Gasteiger partial charge < -0.3 is 12.9 Å². The molecule has 1 rings (SSSR count). The maximum absolute atomic E-state index is 12.4. The number of benzene rings is 1. The van der Waals surface area contributed by atoms with Gasteiger partial charge in [0.2, 0.25) is 0 Å². The Labute approximate surface area is 71.7 Å². The molecule has 0 saturated carbocycles. The van der Waals surface area contributed by atoms with E-state index in [0.29, 0.717) is 6.07 Å². The zero-order valence-corrected chi connectivity index (χ0v) is 6.27. The average Bonchev–Trinajstić information content (AvgIpc) is 2.03. The van der Waals surface area contributed by atoms with Gasteiger partial charge in [-0.05, 0) is 12.1 Å². The van der Waals surface area contributed by atoms with Gasteiger partial charge in [-0.15, -0.1) is 0 Å². The molecule has 0 N–H and O–H groups in total. The molecule has 0 unspecified atom stereocenters. The van der Waals surface area contributed by atoms with E-state index in [0.717, 1.165) is 12.1 Å². The lowest BCUT2D eigenvalue weighted by molar-refractivity contribution is 0.499. The summed E-state index contributed by atoms with van der Waals surface area (Å²) in [5.74, 6) is -0.992. The van der Waals surface area contributed by atoms with Gasteiger partial charge in [0.1, 0.15) is 5.82 Å². The van der Waals surface area contributed by atoms with Crippen LogP contribution in [0.25, 0.3) is 0 Å². The molecule has 13 heavy (non-hydrogen) atoms. The van der Waals surface area contributed by atoms with E-state index >= 15 is 0 Å². The normalized spacial score (nSPS) is 11.0. The predicted octanol–water partition coefficient (Wildman–Crippen LogP) is 1.75. The third kappa shape index (κ3) is 1.99. The van der Waals surface area contributed by atoms with Gasteiger partial charge in [-0.1, -0.05) is 11.5 Å². The first-order valence-electron chi connectivity index (χ1n) is 3.34. The SMILES string of the molecule is N#Cc1ccc(F)cc1[B-](F)(F)F. The Morgan fingerprint density at radius 3 is 2.31 bits per heavy atom. The van der Waals surface area contributed by atoms with Gasteiger partial charge in [-0.25, -0.2) is 4.39 Å². The molecule has 1 aromatic carbocycles. The minimum absolute atomic E-state index is 0.332. The van der Waals surface area contributed by atoms with E-state index in [9.17, 15) is 17.3 Å². The fourth-order valence-electron chi connectivity index (χ4n) is 0.906. The lowest BCUT2D eigenvalue weighted by Gasteiger charge is -2.15. The Kier molecular flexibility index (Phi) is 2.28. The van der Waals surface area contributed by atoms with Crippen LogP contribution in [0.1, 0.15) is 5.56 Å². The summed E-state index contributed by atoms with van der Waals surface area (Å²) in [6.07, 6.45) is 0. The second-order valence-electron chi connectivity index (χ2n) is 2.42. The van der Waals surface area contributed by atoms with Gasteiger partial charge in [0, 0.05) is 5.56 Å². The predicted molar refractivity (Wildman–Crippen MR) is 39.8 cm³/mol. The number of nitrogens with zero attached hydrogens (tertiary/aromatic N) is 1. The number of hydrogen-bond acceptors (Lipinski definition) is 1. The summed E-state index contributed by atoms with van der Waals surface area (Å²) in [6.45, 7) is -5.32. The number of nitriles is 1. The molecule has 0 aromatic heterocycles. The summed E-state index contributed by atoms with van der Waals surface area (Å²) in [5, 5.41) is 8.31. The van der Waals surface area contributed by atoms with E-state index in [2.05, 4.69) is 0 Å². The van der Waals surface area contributed by atoms with Crippen molar-refractivity contribution in [1.82, 2.24) is 0 Å². The zero-order valence-electron chi connectivity index (χ0n) is 6.27. The molecule has 0 saturated heterocycles. The van der Waals surface area contributed by atoms with Crippen molar-refractivity contribution in [3.63, 3.8) is 0 Å². The van der Waals surface area contributed by atoms with Crippen LogP contribution in [0.4, 0.5) is 17.3 Å². The van der Waals surface area contributed by atoms with Crippen molar-refractivity contribution in [3.8, 4) is 6.07 Å². The van der Waals surface area contributed by atoms with Crippen molar-refractivity contribution < 1.29 is 17.3 Å². The molecule has 6 heteroatoms. The first-order chi connectivity index (χ1) is 5.95. The Balaban J connectivity index is 3.35. The van der Waals surface area contributed by atoms with Crippen molar-refractivity contribution >= 4 is 12.4 Å². The van der Waals surface area contributed by atoms with Crippen LogP contribution in [-0.4, -0.2) is 6.98 Å². The Morgan fingerprint density at radius 2 is 1.85 bits per heavy atom. The topological polar surface area (TPSA) is 23.8 Å². The molecule has 1 aromatic rings. The maximum atomic E-state index is 12.4. The van der Waals surface area contributed by atoms with Crippen LogP contribution in [-0.2, 0) is 0 Å². The minimum Gasteiger partial charge on any atom is -0.445 e. The van der Waals surface area contributed by atoms with Crippen LogP contribution in [0.2, 0.25) is 0 Å². The number of hydrogen-bond donors (Lipinski definition) is 0. The molecule has 0 aliphatic carbocycles. The molecule has 68 valence electrons. The van der Waals surface area contributed by atoms with E-state index in [1.54, 1.807) is 0 Å². The summed E-state index contributed by atoms with van der Waals surface area (Å²) < 4.78 is 48.9. The van der Waals surface area contributed by atoms with Crippen LogP contribution < -0.4 is 5.46 Å². The summed E-state index contributed by atoms with van der Waals surface area (Å²) in [4.78, 5) is 0. The van der Waals surface area contributed by atoms with Crippen LogP contribution in [0.5, 0.6) is 0 Å². The number of halogens is 4. The first-order valence-corrected chi connectivity index (χ1v) is 3.34. The molecular weight excluding hydrogens is 185 g/mol. The van der Waals surface area contributed by atoms with Gasteiger partial charge in [0.05, 0.1) is 6.07 Å². The highest BCUT2D eigenvalue weighted by Crippen LogP contribution is 2.12. The number of rotatable bonds is 1. The van der Waals surface area contributed by atoms with Crippen LogP contribution in [0.3, 0.4) is 0 Å². The summed E-state index contributed by atoms with van der Waals surface area (Å²) in [7, 11) is 0. The van der Waals surface area contributed by atoms with Crippen LogP contribution in [0, 0.1) is 17.1 Å². The van der Waals surface area contributed by atoms with Gasteiger partial charge in [0.15, 0.2) is 0 Å². The van der Waals surface area contributed by atoms with E-state index in [1.807, 2.05) is 0 Å². The molecule has 0 radical (unpaired) electrons. The second kappa shape index (κ2) is 3.09. The lowest BCUT2D eigenvalue weighted by atomic mass is 9.77. The van der Waals surface area contributed by atoms with Crippen LogP contribution in [0.15, 0.2) is 18.2 Å². The molecular formula is C7H3BF4N-. The monoisotopic (exact) mass is 188 g/mol. The summed E-state index contributed by atoms with van der Waals surface area (Å²) in [6, 6.07) is 3.33. The molecule has 0 aliphatic heterocycles. The highest BCUT2D eigenvalue weighted by atomic mass is 19.4. The highest BCUT2D eigenvalue weighted by molar-refractivity contribution is 6.74. The third-order valence-electron chi connectivity index (χ3n) is 1.49. The zero-order chi connectivity index (χ0) is 10.1. The fraction of sp³-hybridized carbons (Fsp3) is 0. The second-order valence-corrected chi connectivity index (χ2v) is 2.42. The van der Waals surface area contributed by atoms with E-state index < -0.39 is 23.8 Å². The van der Waals surface area contributed by atoms with Gasteiger partial charge in [-0.2, -0.15) is 5.26 Å². The standard InChI is InChI=1S/C7H3BF4N/c9-6-2-1-5(4-13)7(3-6)8(10,11)12/h1-3H/q-1. The summed E-state index contributed by atoms with van der Waals surface area (Å²) >= 11 is 0. The molecule has 0 fully saturated rings. The van der Waals surface area contributed by atoms with Crippen molar-refractivity contribution in [3.05, 3.63) is 29.6 Å². The summed E-state index contributed by atoms with van der Waals surface area (Å²) in [5.41, 5.74) is -1.73. The van der Waals surface area contributed by atoms with Crippen molar-refractivity contribution in [2.75, 3.05) is 0 Å². The van der Waals surface area contributed by atoms with Gasteiger partial charge in [0.25, 0.3) is 0 Å². The van der Waals surface area contributed by atoms with Crippen molar-refractivity contribution in [2.24, 2.45) is 0 Å². The van der Waals surface area contributed by atoms with Gasteiger partial charge >= 0.3 is 6.98 Å². The molecule has 0 amide bonds. The van der Waals surface area contributed by atoms with Crippen LogP contribution >= 0.6 is 0 Å². The Morgan fingerprint density at radius 1 is 1.23 bits per heavy atom.